The lowest BCUT2D eigenvalue weighted by Gasteiger charge is -2.03. The van der Waals surface area contributed by atoms with E-state index in [9.17, 15) is 0 Å². The van der Waals surface area contributed by atoms with Crippen molar-refractivity contribution >= 4 is 23.4 Å². The van der Waals surface area contributed by atoms with Gasteiger partial charge in [-0.1, -0.05) is 6.92 Å². The van der Waals surface area contributed by atoms with E-state index in [-0.39, 0.29) is 0 Å². The number of alkyl halides is 1. The highest BCUT2D eigenvalue weighted by Crippen LogP contribution is 2.16. The molecule has 68 valence electrons. The van der Waals surface area contributed by atoms with Gasteiger partial charge in [-0.2, -0.15) is 16.9 Å². The van der Waals surface area contributed by atoms with Crippen molar-refractivity contribution < 1.29 is 0 Å². The number of hydrogen-bond donors (Lipinski definition) is 0. The van der Waals surface area contributed by atoms with Crippen LogP contribution in [0.3, 0.4) is 0 Å². The van der Waals surface area contributed by atoms with Crippen LogP contribution in [-0.4, -0.2) is 20.9 Å². The second kappa shape index (κ2) is 4.77. The third kappa shape index (κ3) is 3.07. The van der Waals surface area contributed by atoms with Gasteiger partial charge in [0.15, 0.2) is 0 Å². The minimum atomic E-state index is 0.508. The maximum Gasteiger partial charge on any atom is 0.0723 e. The molecule has 0 saturated heterocycles. The molecular formula is C8H13ClN2S. The summed E-state index contributed by atoms with van der Waals surface area (Å²) in [4.78, 5) is 0. The Kier molecular flexibility index (Phi) is 3.95. The Morgan fingerprint density at radius 2 is 2.50 bits per heavy atom. The van der Waals surface area contributed by atoms with E-state index in [0.717, 1.165) is 11.4 Å². The van der Waals surface area contributed by atoms with Crippen molar-refractivity contribution in [3.8, 4) is 0 Å². The normalized spacial score (nSPS) is 13.2. The maximum atomic E-state index is 5.68. The molecule has 1 aromatic heterocycles. The molecule has 1 rings (SSSR count). The van der Waals surface area contributed by atoms with E-state index in [1.54, 1.807) is 0 Å². The van der Waals surface area contributed by atoms with Gasteiger partial charge in [-0.3, -0.25) is 4.68 Å². The first-order valence-corrected chi connectivity index (χ1v) is 5.47. The minimum absolute atomic E-state index is 0.508. The highest BCUT2D eigenvalue weighted by Gasteiger charge is 2.02. The van der Waals surface area contributed by atoms with Gasteiger partial charge in [0.05, 0.1) is 5.69 Å². The Morgan fingerprint density at radius 1 is 1.75 bits per heavy atom. The third-order valence-corrected chi connectivity index (χ3v) is 3.35. The van der Waals surface area contributed by atoms with Crippen molar-refractivity contribution in [1.82, 2.24) is 9.78 Å². The molecule has 0 radical (unpaired) electrons. The summed E-state index contributed by atoms with van der Waals surface area (Å²) in [6.07, 6.45) is 1.96. The van der Waals surface area contributed by atoms with Gasteiger partial charge in [0, 0.05) is 30.1 Å². The molecule has 0 aliphatic rings. The van der Waals surface area contributed by atoms with Crippen LogP contribution in [0.5, 0.6) is 0 Å². The molecule has 1 heterocycles. The van der Waals surface area contributed by atoms with Gasteiger partial charge in [0.25, 0.3) is 0 Å². The van der Waals surface area contributed by atoms with Gasteiger partial charge < -0.3 is 0 Å². The average Bonchev–Trinajstić information content (AvgIpc) is 2.47. The van der Waals surface area contributed by atoms with E-state index in [1.807, 2.05) is 35.8 Å². The molecule has 2 nitrogen and oxygen atoms in total. The number of rotatable bonds is 4. The molecule has 0 aliphatic carbocycles. The molecule has 1 unspecified atom stereocenters. The zero-order valence-electron chi connectivity index (χ0n) is 7.33. The number of thioether (sulfide) groups is 1. The number of aryl methyl sites for hydroxylation is 1. The van der Waals surface area contributed by atoms with E-state index >= 15 is 0 Å². The highest BCUT2D eigenvalue weighted by molar-refractivity contribution is 7.99. The Morgan fingerprint density at radius 3 is 3.00 bits per heavy atom. The standard InChI is InChI=1S/C8H13ClN2S/c1-7(5-9)12-6-8-3-4-11(2)10-8/h3-4,7H,5-6H2,1-2H3. The van der Waals surface area contributed by atoms with Crippen molar-refractivity contribution in [2.75, 3.05) is 5.88 Å². The fraction of sp³-hybridized carbons (Fsp3) is 0.625. The van der Waals surface area contributed by atoms with E-state index in [4.69, 9.17) is 11.6 Å². The van der Waals surface area contributed by atoms with Gasteiger partial charge >= 0.3 is 0 Å². The molecule has 1 atom stereocenters. The SMILES string of the molecule is CC(CCl)SCc1ccn(C)n1. The summed E-state index contributed by atoms with van der Waals surface area (Å²) < 4.78 is 1.82. The second-order valence-electron chi connectivity index (χ2n) is 2.76. The Labute approximate surface area is 82.3 Å². The fourth-order valence-electron chi connectivity index (χ4n) is 0.812. The monoisotopic (exact) mass is 204 g/mol. The van der Waals surface area contributed by atoms with Crippen LogP contribution in [-0.2, 0) is 12.8 Å². The smallest absolute Gasteiger partial charge is 0.0723 e. The first-order chi connectivity index (χ1) is 5.72. The lowest BCUT2D eigenvalue weighted by atomic mass is 10.5. The first-order valence-electron chi connectivity index (χ1n) is 3.88. The van der Waals surface area contributed by atoms with E-state index < -0.39 is 0 Å². The summed E-state index contributed by atoms with van der Waals surface area (Å²) >= 11 is 7.51. The van der Waals surface area contributed by atoms with Crippen LogP contribution in [0.2, 0.25) is 0 Å². The number of hydrogen-bond acceptors (Lipinski definition) is 2. The number of halogens is 1. The van der Waals surface area contributed by atoms with Crippen LogP contribution in [0.4, 0.5) is 0 Å². The summed E-state index contributed by atoms with van der Waals surface area (Å²) in [6, 6.07) is 2.04. The first kappa shape index (κ1) is 9.93. The molecule has 0 bridgehead atoms. The predicted molar refractivity (Wildman–Crippen MR) is 54.7 cm³/mol. The molecule has 0 aromatic carbocycles. The minimum Gasteiger partial charge on any atom is -0.276 e. The van der Waals surface area contributed by atoms with Crippen molar-refractivity contribution in [2.45, 2.75) is 17.9 Å². The lowest BCUT2D eigenvalue weighted by molar-refractivity contribution is 0.754. The molecule has 0 aliphatic heterocycles. The molecular weight excluding hydrogens is 192 g/mol. The zero-order valence-corrected chi connectivity index (χ0v) is 8.90. The van der Waals surface area contributed by atoms with E-state index in [2.05, 4.69) is 12.0 Å². The second-order valence-corrected chi connectivity index (χ2v) is 4.49. The molecule has 4 heteroatoms. The highest BCUT2D eigenvalue weighted by atomic mass is 35.5. The van der Waals surface area contributed by atoms with E-state index in [0.29, 0.717) is 11.1 Å². The summed E-state index contributed by atoms with van der Waals surface area (Å²) in [5.74, 6) is 1.66. The fourth-order valence-corrected chi connectivity index (χ4v) is 1.78. The Bertz CT molecular complexity index is 237. The average molecular weight is 205 g/mol. The summed E-state index contributed by atoms with van der Waals surface area (Å²) in [7, 11) is 1.93. The molecule has 0 fully saturated rings. The van der Waals surface area contributed by atoms with Gasteiger partial charge in [-0.15, -0.1) is 11.6 Å². The summed E-state index contributed by atoms with van der Waals surface area (Å²) in [5, 5.41) is 4.78. The molecule has 0 N–H and O–H groups in total. The molecule has 12 heavy (non-hydrogen) atoms. The molecule has 1 aromatic rings. The zero-order chi connectivity index (χ0) is 8.97. The van der Waals surface area contributed by atoms with Crippen LogP contribution >= 0.6 is 23.4 Å². The van der Waals surface area contributed by atoms with Crippen molar-refractivity contribution in [2.24, 2.45) is 7.05 Å². The van der Waals surface area contributed by atoms with Crippen LogP contribution in [0.15, 0.2) is 12.3 Å². The number of aromatic nitrogens is 2. The summed E-state index contributed by atoms with van der Waals surface area (Å²) in [5.41, 5.74) is 1.12. The van der Waals surface area contributed by atoms with Crippen LogP contribution in [0.1, 0.15) is 12.6 Å². The molecule has 0 saturated carbocycles. The Balaban J connectivity index is 2.33. The van der Waals surface area contributed by atoms with Crippen molar-refractivity contribution in [1.29, 1.82) is 0 Å². The third-order valence-electron chi connectivity index (χ3n) is 1.50. The lowest BCUT2D eigenvalue weighted by Crippen LogP contribution is -1.98. The van der Waals surface area contributed by atoms with Crippen molar-refractivity contribution in [3.05, 3.63) is 18.0 Å². The molecule has 0 amide bonds. The largest absolute Gasteiger partial charge is 0.276 e. The van der Waals surface area contributed by atoms with Gasteiger partial charge in [0.1, 0.15) is 0 Å². The van der Waals surface area contributed by atoms with Crippen LogP contribution in [0.25, 0.3) is 0 Å². The predicted octanol–water partition coefficient (Wildman–Crippen LogP) is 2.28. The quantitative estimate of drug-likeness (QED) is 0.701. The molecule has 0 spiro atoms. The van der Waals surface area contributed by atoms with Gasteiger partial charge in [-0.05, 0) is 6.07 Å². The van der Waals surface area contributed by atoms with Crippen LogP contribution < -0.4 is 0 Å². The Hall–Kier alpha value is -0.150. The van der Waals surface area contributed by atoms with Gasteiger partial charge in [0.2, 0.25) is 0 Å². The number of nitrogens with zero attached hydrogens (tertiary/aromatic N) is 2. The van der Waals surface area contributed by atoms with Crippen LogP contribution in [0, 0.1) is 0 Å². The summed E-state index contributed by atoms with van der Waals surface area (Å²) in [6.45, 7) is 2.13. The van der Waals surface area contributed by atoms with Crippen molar-refractivity contribution in [3.63, 3.8) is 0 Å². The topological polar surface area (TPSA) is 17.8 Å². The van der Waals surface area contributed by atoms with E-state index in [1.165, 1.54) is 0 Å². The van der Waals surface area contributed by atoms with Gasteiger partial charge in [-0.25, -0.2) is 0 Å². The maximum absolute atomic E-state index is 5.68.